The molecule has 182 valence electrons. The van der Waals surface area contributed by atoms with Crippen LogP contribution in [0.25, 0.3) is 21.8 Å². The minimum atomic E-state index is -0.817. The van der Waals surface area contributed by atoms with Crippen LogP contribution in [0, 0.1) is 5.82 Å². The number of para-hydroxylation sites is 2. The zero-order valence-electron chi connectivity index (χ0n) is 19.6. The largest absolute Gasteiger partial charge is 0.490 e. The van der Waals surface area contributed by atoms with Crippen LogP contribution in [0.3, 0.4) is 0 Å². The monoisotopic (exact) mass is 483 g/mol. The first kappa shape index (κ1) is 23.5. The highest BCUT2D eigenvalue weighted by Gasteiger charge is 2.17. The van der Waals surface area contributed by atoms with Gasteiger partial charge in [0.15, 0.2) is 0 Å². The van der Waals surface area contributed by atoms with E-state index in [0.29, 0.717) is 18.1 Å². The van der Waals surface area contributed by atoms with Crippen LogP contribution < -0.4 is 10.1 Å². The van der Waals surface area contributed by atoms with E-state index in [-0.39, 0.29) is 31.3 Å². The number of aliphatic hydroxyl groups is 1. The van der Waals surface area contributed by atoms with E-state index in [1.54, 1.807) is 12.1 Å². The smallest absolute Gasteiger partial charge is 0.227 e. The first-order valence-electron chi connectivity index (χ1n) is 11.8. The van der Waals surface area contributed by atoms with E-state index in [4.69, 9.17) is 4.74 Å². The Kier molecular flexibility index (Phi) is 6.91. The second kappa shape index (κ2) is 10.6. The fourth-order valence-corrected chi connectivity index (χ4v) is 4.24. The number of ether oxygens (including phenoxy) is 1. The maximum atomic E-state index is 13.1. The summed E-state index contributed by atoms with van der Waals surface area (Å²) in [6, 6.07) is 27.4. The van der Waals surface area contributed by atoms with Crippen LogP contribution in [0.4, 0.5) is 4.39 Å². The van der Waals surface area contributed by atoms with Crippen LogP contribution in [-0.4, -0.2) is 33.3 Å². The lowest BCUT2D eigenvalue weighted by atomic mass is 10.1. The molecule has 0 aliphatic heterocycles. The van der Waals surface area contributed by atoms with Crippen LogP contribution in [0.2, 0.25) is 0 Å². The summed E-state index contributed by atoms with van der Waals surface area (Å²) >= 11 is 0. The van der Waals surface area contributed by atoms with Crippen LogP contribution in [-0.2, 0) is 24.3 Å². The highest BCUT2D eigenvalue weighted by molar-refractivity contribution is 5.88. The van der Waals surface area contributed by atoms with Gasteiger partial charge in [-0.3, -0.25) is 4.79 Å². The molecule has 2 N–H and O–H groups in total. The molecule has 0 aliphatic rings. The topological polar surface area (TPSA) is 76.4 Å². The van der Waals surface area contributed by atoms with Crippen molar-refractivity contribution in [2.45, 2.75) is 25.6 Å². The minimum Gasteiger partial charge on any atom is -0.490 e. The number of imidazole rings is 1. The third-order valence-corrected chi connectivity index (χ3v) is 6.03. The maximum Gasteiger partial charge on any atom is 0.227 e. The van der Waals surface area contributed by atoms with Crippen LogP contribution in [0.15, 0.2) is 91.0 Å². The summed E-state index contributed by atoms with van der Waals surface area (Å²) < 4.78 is 20.9. The Bertz CT molecular complexity index is 1490. The van der Waals surface area contributed by atoms with Crippen molar-refractivity contribution in [3.8, 4) is 5.75 Å². The predicted molar refractivity (Wildman–Crippen MR) is 137 cm³/mol. The van der Waals surface area contributed by atoms with E-state index >= 15 is 0 Å². The summed E-state index contributed by atoms with van der Waals surface area (Å²) in [7, 11) is 0. The van der Waals surface area contributed by atoms with Crippen LogP contribution in [0.1, 0.15) is 11.4 Å². The summed E-state index contributed by atoms with van der Waals surface area (Å²) in [6.07, 6.45) is -0.769. The first-order valence-corrected chi connectivity index (χ1v) is 11.8. The van der Waals surface area contributed by atoms with E-state index in [1.807, 2.05) is 71.3 Å². The van der Waals surface area contributed by atoms with Crippen LogP contribution in [0.5, 0.6) is 5.75 Å². The molecule has 7 heteroatoms. The number of amides is 1. The quantitative estimate of drug-likeness (QED) is 0.321. The predicted octanol–water partition coefficient (Wildman–Crippen LogP) is 4.63. The molecule has 1 amide bonds. The van der Waals surface area contributed by atoms with Crippen molar-refractivity contribution in [2.24, 2.45) is 0 Å². The van der Waals surface area contributed by atoms with Gasteiger partial charge < -0.3 is 19.7 Å². The molecule has 5 aromatic rings. The number of aromatic nitrogens is 2. The van der Waals surface area contributed by atoms with Crippen molar-refractivity contribution in [2.75, 3.05) is 6.61 Å². The Balaban J connectivity index is 1.28. The number of carbonyl (C=O) groups excluding carboxylic acids is 1. The van der Waals surface area contributed by atoms with Gasteiger partial charge >= 0.3 is 0 Å². The van der Waals surface area contributed by atoms with Gasteiger partial charge in [0.1, 0.15) is 30.1 Å². The number of hydrogen-bond donors (Lipinski definition) is 2. The van der Waals surface area contributed by atoms with Crippen LogP contribution >= 0.6 is 0 Å². The van der Waals surface area contributed by atoms with Crippen molar-refractivity contribution >= 4 is 27.7 Å². The molecule has 0 radical (unpaired) electrons. The molecule has 4 aromatic carbocycles. The third-order valence-electron chi connectivity index (χ3n) is 6.03. The number of carbonyl (C=O) groups is 1. The number of aliphatic hydroxyl groups excluding tert-OH is 1. The lowest BCUT2D eigenvalue weighted by molar-refractivity contribution is -0.120. The molecule has 1 atom stereocenters. The van der Waals surface area contributed by atoms with Gasteiger partial charge in [-0.05, 0) is 41.3 Å². The van der Waals surface area contributed by atoms with Gasteiger partial charge in [0.2, 0.25) is 5.91 Å². The van der Waals surface area contributed by atoms with E-state index in [1.165, 1.54) is 12.1 Å². The maximum absolute atomic E-state index is 13.1. The summed E-state index contributed by atoms with van der Waals surface area (Å²) in [5, 5.41) is 15.7. The third kappa shape index (κ3) is 5.37. The average molecular weight is 484 g/mol. The van der Waals surface area contributed by atoms with Crippen molar-refractivity contribution in [3.05, 3.63) is 108 Å². The van der Waals surface area contributed by atoms with Crippen molar-refractivity contribution in [1.82, 2.24) is 14.9 Å². The van der Waals surface area contributed by atoms with Gasteiger partial charge in [0, 0.05) is 11.9 Å². The van der Waals surface area contributed by atoms with Gasteiger partial charge in [-0.25, -0.2) is 9.37 Å². The molecule has 0 saturated heterocycles. The Morgan fingerprint density at radius 1 is 0.972 bits per heavy atom. The molecule has 0 aliphatic carbocycles. The van der Waals surface area contributed by atoms with Gasteiger partial charge in [0.05, 0.1) is 24.0 Å². The lowest BCUT2D eigenvalue weighted by Crippen LogP contribution is -2.28. The average Bonchev–Trinajstić information content (AvgIpc) is 3.23. The second-order valence-electron chi connectivity index (χ2n) is 8.65. The van der Waals surface area contributed by atoms with Gasteiger partial charge in [-0.1, -0.05) is 60.7 Å². The molecule has 0 unspecified atom stereocenters. The fourth-order valence-electron chi connectivity index (χ4n) is 4.24. The Morgan fingerprint density at radius 2 is 1.72 bits per heavy atom. The van der Waals surface area contributed by atoms with E-state index in [9.17, 15) is 14.3 Å². The van der Waals surface area contributed by atoms with E-state index in [0.717, 1.165) is 27.4 Å². The summed E-state index contributed by atoms with van der Waals surface area (Å²) in [5.41, 5.74) is 2.39. The van der Waals surface area contributed by atoms with Crippen molar-refractivity contribution in [3.63, 3.8) is 0 Å². The molecule has 6 nitrogen and oxygen atoms in total. The molecule has 0 saturated carbocycles. The van der Waals surface area contributed by atoms with Gasteiger partial charge in [-0.15, -0.1) is 0 Å². The standard InChI is InChI=1S/C29H26FN3O3/c30-22-14-12-20(13-15-22)17-31-29(35)16-28-32-25-9-3-4-10-26(25)33(28)18-23(34)19-36-27-11-5-7-21-6-1-2-8-24(21)27/h1-15,23,34H,16-19H2,(H,31,35)/t23-/m0/s1. The van der Waals surface area contributed by atoms with Crippen molar-refractivity contribution < 1.29 is 19.0 Å². The van der Waals surface area contributed by atoms with Gasteiger partial charge in [-0.2, -0.15) is 0 Å². The van der Waals surface area contributed by atoms with E-state index in [2.05, 4.69) is 10.3 Å². The number of halogens is 1. The number of nitrogens with one attached hydrogen (secondary N) is 1. The molecule has 1 aromatic heterocycles. The normalized spacial score (nSPS) is 12.1. The number of rotatable bonds is 9. The minimum absolute atomic E-state index is 0.0484. The molecular formula is C29H26FN3O3. The van der Waals surface area contributed by atoms with Gasteiger partial charge in [0.25, 0.3) is 0 Å². The molecular weight excluding hydrogens is 457 g/mol. The number of benzene rings is 4. The second-order valence-corrected chi connectivity index (χ2v) is 8.65. The fraction of sp³-hybridized carbons (Fsp3) is 0.172. The SMILES string of the molecule is O=C(Cc1nc2ccccc2n1C[C@H](O)COc1cccc2ccccc12)NCc1ccc(F)cc1. The Morgan fingerprint density at radius 3 is 2.58 bits per heavy atom. The van der Waals surface area contributed by atoms with Crippen molar-refractivity contribution in [1.29, 1.82) is 0 Å². The Hall–Kier alpha value is -4.23. The summed E-state index contributed by atoms with van der Waals surface area (Å²) in [6.45, 7) is 0.614. The molecule has 0 spiro atoms. The number of hydrogen-bond acceptors (Lipinski definition) is 4. The molecule has 1 heterocycles. The lowest BCUT2D eigenvalue weighted by Gasteiger charge is -2.16. The number of fused-ring (bicyclic) bond motifs is 2. The molecule has 0 fully saturated rings. The molecule has 5 rings (SSSR count). The summed E-state index contributed by atoms with van der Waals surface area (Å²) in [4.78, 5) is 17.3. The molecule has 36 heavy (non-hydrogen) atoms. The van der Waals surface area contributed by atoms with E-state index < -0.39 is 6.10 Å². The zero-order chi connectivity index (χ0) is 24.9. The highest BCUT2D eigenvalue weighted by Crippen LogP contribution is 2.25. The molecule has 0 bridgehead atoms. The number of nitrogens with zero attached hydrogens (tertiary/aromatic N) is 2. The Labute approximate surface area is 208 Å². The summed E-state index contributed by atoms with van der Waals surface area (Å²) in [5.74, 6) is 0.735. The zero-order valence-corrected chi connectivity index (χ0v) is 19.6. The first-order chi connectivity index (χ1) is 17.6. The highest BCUT2D eigenvalue weighted by atomic mass is 19.1.